The lowest BCUT2D eigenvalue weighted by Crippen LogP contribution is -2.98. The highest BCUT2D eigenvalue weighted by Gasteiger charge is 2.71. The van der Waals surface area contributed by atoms with Gasteiger partial charge in [0.1, 0.15) is 17.9 Å². The molecule has 2 saturated heterocycles. The molecule has 2 heterocycles. The number of quaternary nitrogens is 1. The highest BCUT2D eigenvalue weighted by Crippen LogP contribution is 2.46. The summed E-state index contributed by atoms with van der Waals surface area (Å²) in [6.45, 7) is 3.96. The molecule has 0 aliphatic carbocycles. The summed E-state index contributed by atoms with van der Waals surface area (Å²) >= 11 is 0. The molecule has 0 spiro atoms. The van der Waals surface area contributed by atoms with Crippen LogP contribution in [0.2, 0.25) is 0 Å². The number of amides is 2. The molecule has 0 unspecified atom stereocenters. The Morgan fingerprint density at radius 2 is 1.96 bits per heavy atom. The maximum Gasteiger partial charge on any atom is 0.368 e. The average Bonchev–Trinajstić information content (AvgIpc) is 3.05. The fourth-order valence-electron chi connectivity index (χ4n) is 4.65. The second-order valence-electron chi connectivity index (χ2n) is 7.07. The third-order valence-electron chi connectivity index (χ3n) is 5.77. The van der Waals surface area contributed by atoms with Gasteiger partial charge in [-0.2, -0.15) is 0 Å². The van der Waals surface area contributed by atoms with Gasteiger partial charge in [0.25, 0.3) is 0 Å². The second kappa shape index (κ2) is 6.26. The van der Waals surface area contributed by atoms with E-state index in [1.165, 1.54) is 19.1 Å². The Kier molecular flexibility index (Phi) is 4.41. The molecule has 0 saturated carbocycles. The standard InChI is InChI=1S/C19H24N2O4/c1-5-10-19(18(24)25-4)14-13(16(22)21(3)17(14)23)15(20-19)12-9-7-6-8-11(12)2/h6-9,13-15,20H,5,10H2,1-4H3/p+1/t13-,14-,15-,19-/m0/s1. The molecule has 6 nitrogen and oxygen atoms in total. The molecule has 2 N–H and O–H groups in total. The number of likely N-dealkylation sites (tertiary alicyclic amines) is 1. The number of hydrogen-bond acceptors (Lipinski definition) is 4. The minimum Gasteiger partial charge on any atom is -0.464 e. The lowest BCUT2D eigenvalue weighted by molar-refractivity contribution is -0.735. The van der Waals surface area contributed by atoms with Crippen LogP contribution in [0.5, 0.6) is 0 Å². The van der Waals surface area contributed by atoms with E-state index in [-0.39, 0.29) is 17.9 Å². The molecule has 6 heteroatoms. The number of imide groups is 1. The maximum atomic E-state index is 12.8. The molecule has 2 fully saturated rings. The minimum absolute atomic E-state index is 0.207. The predicted molar refractivity (Wildman–Crippen MR) is 90.3 cm³/mol. The van der Waals surface area contributed by atoms with Crippen LogP contribution >= 0.6 is 0 Å². The highest BCUT2D eigenvalue weighted by atomic mass is 16.5. The fourth-order valence-corrected chi connectivity index (χ4v) is 4.65. The molecule has 4 atom stereocenters. The number of esters is 1. The number of benzene rings is 1. The summed E-state index contributed by atoms with van der Waals surface area (Å²) in [5, 5.41) is 1.92. The average molecular weight is 345 g/mol. The van der Waals surface area contributed by atoms with Gasteiger partial charge in [-0.15, -0.1) is 0 Å². The molecule has 1 aromatic rings. The van der Waals surface area contributed by atoms with Crippen molar-refractivity contribution in [3.8, 4) is 0 Å². The lowest BCUT2D eigenvalue weighted by Gasteiger charge is -2.28. The Bertz CT molecular complexity index is 732. The molecule has 3 rings (SSSR count). The number of methoxy groups -OCH3 is 1. The third kappa shape index (κ3) is 2.39. The van der Waals surface area contributed by atoms with Crippen LogP contribution in [0.25, 0.3) is 0 Å². The number of carbonyl (C=O) groups excluding carboxylic acids is 3. The van der Waals surface area contributed by atoms with E-state index in [1.807, 2.05) is 43.4 Å². The number of nitrogens with zero attached hydrogens (tertiary/aromatic N) is 1. The summed E-state index contributed by atoms with van der Waals surface area (Å²) in [5.41, 5.74) is 1.00. The molecule has 0 bridgehead atoms. The molecular weight excluding hydrogens is 320 g/mol. The maximum absolute atomic E-state index is 12.8. The Morgan fingerprint density at radius 1 is 1.28 bits per heavy atom. The molecule has 25 heavy (non-hydrogen) atoms. The molecule has 2 amide bonds. The van der Waals surface area contributed by atoms with E-state index in [2.05, 4.69) is 0 Å². The van der Waals surface area contributed by atoms with E-state index >= 15 is 0 Å². The smallest absolute Gasteiger partial charge is 0.368 e. The van der Waals surface area contributed by atoms with Crippen molar-refractivity contribution in [2.45, 2.75) is 38.3 Å². The summed E-state index contributed by atoms with van der Waals surface area (Å²) in [4.78, 5) is 39.6. The monoisotopic (exact) mass is 345 g/mol. The van der Waals surface area contributed by atoms with Crippen LogP contribution in [0.3, 0.4) is 0 Å². The molecule has 0 radical (unpaired) electrons. The van der Waals surface area contributed by atoms with Crippen molar-refractivity contribution in [1.82, 2.24) is 4.90 Å². The Hall–Kier alpha value is -2.21. The summed E-state index contributed by atoms with van der Waals surface area (Å²) in [7, 11) is 2.85. The van der Waals surface area contributed by atoms with Gasteiger partial charge in [-0.3, -0.25) is 14.5 Å². The van der Waals surface area contributed by atoms with Crippen molar-refractivity contribution in [2.24, 2.45) is 11.8 Å². The Labute approximate surface area is 147 Å². The van der Waals surface area contributed by atoms with Crippen molar-refractivity contribution >= 4 is 17.8 Å². The van der Waals surface area contributed by atoms with Crippen LogP contribution in [0.15, 0.2) is 24.3 Å². The number of fused-ring (bicyclic) bond motifs is 1. The summed E-state index contributed by atoms with van der Waals surface area (Å²) in [6, 6.07) is 7.56. The SMILES string of the molecule is CCC[C@]1(C(=O)OC)[NH2+][C@@H](c2ccccc2C)[C@H]2C(=O)N(C)C(=O)[C@H]21. The van der Waals surface area contributed by atoms with Gasteiger partial charge in [0.15, 0.2) is 0 Å². The first-order chi connectivity index (χ1) is 11.9. The highest BCUT2D eigenvalue weighted by molar-refractivity contribution is 6.08. The van der Waals surface area contributed by atoms with Crippen molar-refractivity contribution in [3.05, 3.63) is 35.4 Å². The fraction of sp³-hybridized carbons (Fsp3) is 0.526. The summed E-state index contributed by atoms with van der Waals surface area (Å²) in [5.74, 6) is -2.12. The van der Waals surface area contributed by atoms with Crippen molar-refractivity contribution in [2.75, 3.05) is 14.2 Å². The minimum atomic E-state index is -1.04. The number of aryl methyl sites for hydroxylation is 1. The summed E-state index contributed by atoms with van der Waals surface area (Å²) in [6.07, 6.45) is 1.22. The zero-order valence-electron chi connectivity index (χ0n) is 15.1. The largest absolute Gasteiger partial charge is 0.464 e. The number of carbonyl (C=O) groups is 3. The van der Waals surface area contributed by atoms with Crippen molar-refractivity contribution in [3.63, 3.8) is 0 Å². The Balaban J connectivity index is 2.17. The number of rotatable bonds is 4. The normalized spacial score (nSPS) is 31.4. The van der Waals surface area contributed by atoms with E-state index in [4.69, 9.17) is 4.74 Å². The van der Waals surface area contributed by atoms with Crippen molar-refractivity contribution < 1.29 is 24.4 Å². The third-order valence-corrected chi connectivity index (χ3v) is 5.77. The van der Waals surface area contributed by atoms with E-state index in [1.54, 1.807) is 0 Å². The van der Waals surface area contributed by atoms with Crippen LogP contribution in [-0.2, 0) is 19.1 Å². The van der Waals surface area contributed by atoms with E-state index in [9.17, 15) is 14.4 Å². The van der Waals surface area contributed by atoms with E-state index in [0.717, 1.165) is 17.5 Å². The predicted octanol–water partition coefficient (Wildman–Crippen LogP) is 0.556. The van der Waals surface area contributed by atoms with Gasteiger partial charge in [0, 0.05) is 19.0 Å². The van der Waals surface area contributed by atoms with Gasteiger partial charge in [-0.1, -0.05) is 31.2 Å². The van der Waals surface area contributed by atoms with E-state index in [0.29, 0.717) is 6.42 Å². The zero-order chi connectivity index (χ0) is 18.4. The molecule has 2 aliphatic rings. The number of ether oxygens (including phenoxy) is 1. The first-order valence-electron chi connectivity index (χ1n) is 8.70. The van der Waals surface area contributed by atoms with Gasteiger partial charge in [0.2, 0.25) is 17.4 Å². The van der Waals surface area contributed by atoms with Crippen LogP contribution in [0, 0.1) is 18.8 Å². The van der Waals surface area contributed by atoms with Gasteiger partial charge in [0.05, 0.1) is 7.11 Å². The lowest BCUT2D eigenvalue weighted by atomic mass is 9.77. The van der Waals surface area contributed by atoms with Gasteiger partial charge < -0.3 is 10.1 Å². The Morgan fingerprint density at radius 3 is 2.56 bits per heavy atom. The zero-order valence-corrected chi connectivity index (χ0v) is 15.1. The molecule has 134 valence electrons. The first kappa shape index (κ1) is 17.6. The van der Waals surface area contributed by atoms with Crippen LogP contribution in [0.4, 0.5) is 0 Å². The second-order valence-corrected chi connectivity index (χ2v) is 7.07. The molecular formula is C19H25N2O4+. The van der Waals surface area contributed by atoms with Gasteiger partial charge in [-0.25, -0.2) is 4.79 Å². The quantitative estimate of drug-likeness (QED) is 0.639. The number of hydrogen-bond donors (Lipinski definition) is 1. The molecule has 1 aromatic carbocycles. The van der Waals surface area contributed by atoms with E-state index < -0.39 is 23.3 Å². The van der Waals surface area contributed by atoms with Crippen LogP contribution < -0.4 is 5.32 Å². The molecule has 0 aromatic heterocycles. The topological polar surface area (TPSA) is 80.3 Å². The molecule has 2 aliphatic heterocycles. The van der Waals surface area contributed by atoms with Gasteiger partial charge in [-0.05, 0) is 18.9 Å². The van der Waals surface area contributed by atoms with Gasteiger partial charge >= 0.3 is 5.97 Å². The van der Waals surface area contributed by atoms with Crippen molar-refractivity contribution in [1.29, 1.82) is 0 Å². The van der Waals surface area contributed by atoms with Crippen LogP contribution in [0.1, 0.15) is 36.9 Å². The van der Waals surface area contributed by atoms with Crippen LogP contribution in [-0.4, -0.2) is 42.4 Å². The first-order valence-corrected chi connectivity index (χ1v) is 8.70. The summed E-state index contributed by atoms with van der Waals surface area (Å²) < 4.78 is 5.08. The number of nitrogens with two attached hydrogens (primary N) is 1.